The van der Waals surface area contributed by atoms with Gasteiger partial charge in [-0.15, -0.1) is 10.2 Å². The second kappa shape index (κ2) is 9.06. The Morgan fingerprint density at radius 1 is 1.06 bits per heavy atom. The number of tetrazole rings is 1. The first kappa shape index (κ1) is 21.3. The predicted octanol–water partition coefficient (Wildman–Crippen LogP) is 0.806. The number of aliphatic hydroxyl groups is 1. The summed E-state index contributed by atoms with van der Waals surface area (Å²) in [5.74, 6) is -0.265. The molecule has 4 aromatic rings. The first-order valence-corrected chi connectivity index (χ1v) is 9.67. The average molecular weight is 436 g/mol. The van der Waals surface area contributed by atoms with Crippen molar-refractivity contribution in [3.05, 3.63) is 68.5 Å². The van der Waals surface area contributed by atoms with Crippen molar-refractivity contribution in [1.29, 1.82) is 0 Å². The summed E-state index contributed by atoms with van der Waals surface area (Å²) < 4.78 is 4.96. The summed E-state index contributed by atoms with van der Waals surface area (Å²) in [5.41, 5.74) is 1.45. The van der Waals surface area contributed by atoms with E-state index >= 15 is 0 Å². The molecule has 1 heterocycles. The lowest BCUT2D eigenvalue weighted by atomic mass is 10.00. The van der Waals surface area contributed by atoms with Crippen LogP contribution >= 0.6 is 0 Å². The summed E-state index contributed by atoms with van der Waals surface area (Å²) in [4.78, 5) is 23.0. The Morgan fingerprint density at radius 3 is 2.47 bits per heavy atom. The normalized spacial score (nSPS) is 12.2. The zero-order chi connectivity index (χ0) is 22.7. The van der Waals surface area contributed by atoms with Gasteiger partial charge in [-0.3, -0.25) is 14.9 Å². The number of nitrogens with zero attached hydrogens (tertiary/aromatic N) is 3. The first-order valence-electron chi connectivity index (χ1n) is 9.67. The van der Waals surface area contributed by atoms with E-state index in [1.807, 2.05) is 18.2 Å². The number of benzene rings is 2. The van der Waals surface area contributed by atoms with Crippen LogP contribution < -0.4 is 21.5 Å². The number of aromatic hydroxyl groups is 1. The Morgan fingerprint density at radius 2 is 1.81 bits per heavy atom. The fourth-order valence-electron chi connectivity index (χ4n) is 3.19. The van der Waals surface area contributed by atoms with Crippen LogP contribution in [0.15, 0.2) is 52.1 Å². The number of aliphatic hydroxyl groups excluding tert-OH is 1. The van der Waals surface area contributed by atoms with E-state index in [-0.39, 0.29) is 5.69 Å². The molecule has 0 aliphatic rings. The maximum atomic E-state index is 11.7. The Hall–Kier alpha value is -3.93. The molecule has 1 atom stereocenters. The van der Waals surface area contributed by atoms with E-state index in [1.54, 1.807) is 31.4 Å². The van der Waals surface area contributed by atoms with E-state index in [2.05, 4.69) is 31.3 Å². The molecular weight excluding hydrogens is 416 g/mol. The summed E-state index contributed by atoms with van der Waals surface area (Å²) in [5, 5.41) is 39.6. The lowest BCUT2D eigenvalue weighted by Crippen LogP contribution is -2.32. The van der Waals surface area contributed by atoms with E-state index in [0.717, 1.165) is 11.1 Å². The third-order valence-electron chi connectivity index (χ3n) is 4.89. The minimum absolute atomic E-state index is 0.160. The number of H-pyrrole nitrogens is 1. The fraction of sp³-hybridized carbons (Fsp3) is 0.190. The molecule has 0 fully saturated rings. The minimum atomic E-state index is -0.921. The van der Waals surface area contributed by atoms with Gasteiger partial charge in [-0.25, -0.2) is 0 Å². The highest BCUT2D eigenvalue weighted by atomic mass is 16.5. The van der Waals surface area contributed by atoms with Gasteiger partial charge in [0.2, 0.25) is 5.82 Å². The number of methoxy groups -OCH3 is 1. The van der Waals surface area contributed by atoms with Crippen LogP contribution in [0.25, 0.3) is 22.5 Å². The SMILES string of the molecule is COCCNC(O)c1ccc(-c2cc(Nc3c(O)c(=O)c3=O)cc(-c3nn[nH]n3)c2)cc1. The zero-order valence-corrected chi connectivity index (χ0v) is 17.0. The van der Waals surface area contributed by atoms with Gasteiger partial charge < -0.3 is 20.3 Å². The largest absolute Gasteiger partial charge is 0.502 e. The van der Waals surface area contributed by atoms with Gasteiger partial charge >= 0.3 is 0 Å². The van der Waals surface area contributed by atoms with Gasteiger partial charge in [0.15, 0.2) is 5.75 Å². The summed E-state index contributed by atoms with van der Waals surface area (Å²) >= 11 is 0. The highest BCUT2D eigenvalue weighted by Gasteiger charge is 2.20. The van der Waals surface area contributed by atoms with Gasteiger partial charge in [0.05, 0.1) is 6.61 Å². The molecule has 0 saturated heterocycles. The van der Waals surface area contributed by atoms with Crippen molar-refractivity contribution in [2.24, 2.45) is 0 Å². The highest BCUT2D eigenvalue weighted by Crippen LogP contribution is 2.31. The van der Waals surface area contributed by atoms with E-state index in [9.17, 15) is 19.8 Å². The lowest BCUT2D eigenvalue weighted by Gasteiger charge is -2.15. The number of ether oxygens (including phenoxy) is 1. The molecule has 0 spiro atoms. The second-order valence-electron chi connectivity index (χ2n) is 7.01. The summed E-state index contributed by atoms with van der Waals surface area (Å²) in [7, 11) is 1.59. The first-order chi connectivity index (χ1) is 15.5. The average Bonchev–Trinajstić information content (AvgIpc) is 3.37. The number of hydrogen-bond donors (Lipinski definition) is 5. The zero-order valence-electron chi connectivity index (χ0n) is 17.0. The van der Waals surface area contributed by atoms with Crippen molar-refractivity contribution in [1.82, 2.24) is 25.9 Å². The third-order valence-corrected chi connectivity index (χ3v) is 4.89. The van der Waals surface area contributed by atoms with Crippen molar-refractivity contribution in [3.8, 4) is 28.3 Å². The molecule has 3 aromatic carbocycles. The van der Waals surface area contributed by atoms with Crippen molar-refractivity contribution in [2.75, 3.05) is 25.6 Å². The Balaban J connectivity index is 1.65. The number of aromatic amines is 1. The molecular formula is C21H20N6O5. The van der Waals surface area contributed by atoms with Gasteiger partial charge in [0.1, 0.15) is 11.9 Å². The molecule has 1 unspecified atom stereocenters. The standard InChI is InChI=1S/C21H20N6O5/c1-32-7-6-22-21(31)12-4-2-11(3-5-12)13-8-14(20-24-26-27-25-20)10-15(9-13)23-16-17(28)19(30)18(16)29/h2-5,8-10,21-23,28,31H,6-7H2,1H3,(H,24,25,26,27). The van der Waals surface area contributed by atoms with Gasteiger partial charge in [-0.1, -0.05) is 24.3 Å². The topological polar surface area (TPSA) is 162 Å². The van der Waals surface area contributed by atoms with Crippen molar-refractivity contribution >= 4 is 11.4 Å². The van der Waals surface area contributed by atoms with Gasteiger partial charge in [0.25, 0.3) is 10.9 Å². The van der Waals surface area contributed by atoms with Gasteiger partial charge in [-0.2, -0.15) is 5.21 Å². The summed E-state index contributed by atoms with van der Waals surface area (Å²) in [6, 6.07) is 12.5. The number of aromatic nitrogens is 4. The maximum absolute atomic E-state index is 11.7. The van der Waals surface area contributed by atoms with Crippen LogP contribution in [-0.4, -0.2) is 51.1 Å². The van der Waals surface area contributed by atoms with Crippen LogP contribution in [0, 0.1) is 0 Å². The molecule has 164 valence electrons. The van der Waals surface area contributed by atoms with Gasteiger partial charge in [-0.05, 0) is 40.1 Å². The Bertz CT molecular complexity index is 1280. The molecule has 32 heavy (non-hydrogen) atoms. The molecule has 0 bridgehead atoms. The second-order valence-corrected chi connectivity index (χ2v) is 7.01. The molecule has 0 radical (unpaired) electrons. The molecule has 11 nitrogen and oxygen atoms in total. The maximum Gasteiger partial charge on any atom is 0.271 e. The van der Waals surface area contributed by atoms with Crippen LogP contribution in [0.1, 0.15) is 11.8 Å². The highest BCUT2D eigenvalue weighted by molar-refractivity contribution is 5.79. The quantitative estimate of drug-likeness (QED) is 0.144. The monoisotopic (exact) mass is 436 g/mol. The molecule has 0 amide bonds. The molecule has 0 aliphatic heterocycles. The molecule has 11 heteroatoms. The van der Waals surface area contributed by atoms with Crippen LogP contribution in [-0.2, 0) is 4.74 Å². The number of nitrogens with one attached hydrogen (secondary N) is 3. The van der Waals surface area contributed by atoms with E-state index in [1.165, 1.54) is 0 Å². The summed E-state index contributed by atoms with van der Waals surface area (Å²) in [6.07, 6.45) is -0.834. The third kappa shape index (κ3) is 4.25. The lowest BCUT2D eigenvalue weighted by molar-refractivity contribution is 0.119. The van der Waals surface area contributed by atoms with Gasteiger partial charge in [0, 0.05) is 24.9 Å². The predicted molar refractivity (Wildman–Crippen MR) is 116 cm³/mol. The number of anilines is 2. The van der Waals surface area contributed by atoms with Crippen molar-refractivity contribution in [2.45, 2.75) is 6.23 Å². The molecule has 1 aromatic heterocycles. The Labute approximate surface area is 181 Å². The Kier molecular flexibility index (Phi) is 6.03. The van der Waals surface area contributed by atoms with E-state index in [0.29, 0.717) is 35.8 Å². The van der Waals surface area contributed by atoms with Crippen LogP contribution in [0.3, 0.4) is 0 Å². The van der Waals surface area contributed by atoms with Crippen molar-refractivity contribution < 1.29 is 14.9 Å². The molecule has 0 saturated carbocycles. The van der Waals surface area contributed by atoms with Crippen LogP contribution in [0.2, 0.25) is 0 Å². The molecule has 5 N–H and O–H groups in total. The van der Waals surface area contributed by atoms with Crippen molar-refractivity contribution in [3.63, 3.8) is 0 Å². The summed E-state index contributed by atoms with van der Waals surface area (Å²) in [6.45, 7) is 0.985. The van der Waals surface area contributed by atoms with E-state index < -0.39 is 22.8 Å². The van der Waals surface area contributed by atoms with Crippen LogP contribution in [0.5, 0.6) is 5.75 Å². The smallest absolute Gasteiger partial charge is 0.271 e. The van der Waals surface area contributed by atoms with Crippen LogP contribution in [0.4, 0.5) is 11.4 Å². The minimum Gasteiger partial charge on any atom is -0.502 e. The van der Waals surface area contributed by atoms with E-state index in [4.69, 9.17) is 4.74 Å². The number of rotatable bonds is 9. The molecule has 4 rings (SSSR count). The fourth-order valence-corrected chi connectivity index (χ4v) is 3.19. The number of hydrogen-bond acceptors (Lipinski definition) is 10. The molecule has 0 aliphatic carbocycles.